The lowest BCUT2D eigenvalue weighted by atomic mass is 10.1. The first-order valence-corrected chi connectivity index (χ1v) is 8.29. The molecule has 0 amide bonds. The van der Waals surface area contributed by atoms with Crippen LogP contribution in [0.4, 0.5) is 0 Å². The molecular weight excluding hydrogens is 230 g/mol. The van der Waals surface area contributed by atoms with Crippen LogP contribution in [0.15, 0.2) is 0 Å². The first kappa shape index (κ1) is 17.1. The van der Waals surface area contributed by atoms with Crippen LogP contribution in [-0.2, 0) is 11.0 Å². The summed E-state index contributed by atoms with van der Waals surface area (Å²) in [5, 5.41) is 0. The molecule has 0 aliphatic carbocycles. The van der Waals surface area contributed by atoms with Gasteiger partial charge in [-0.2, -0.15) is 0 Å². The largest absolute Gasteiger partial charge is 0.242 e. The first-order valence-electron chi connectivity index (χ1n) is 7.14. The third-order valence-electron chi connectivity index (χ3n) is 2.82. The smallest absolute Gasteiger partial charge is 0.0970 e. The Morgan fingerprint density at radius 1 is 0.882 bits per heavy atom. The van der Waals surface area contributed by atoms with Gasteiger partial charge in [-0.15, -0.1) is 0 Å². The zero-order chi connectivity index (χ0) is 13.1. The fourth-order valence-corrected chi connectivity index (χ4v) is 2.40. The third kappa shape index (κ3) is 11.0. The van der Waals surface area contributed by atoms with Gasteiger partial charge in [0.05, 0.1) is 15.7 Å². The fraction of sp³-hybridized carbons (Fsp3) is 1.00. The molecule has 1 N–H and O–H groups in total. The third-order valence-corrected chi connectivity index (χ3v) is 4.40. The summed E-state index contributed by atoms with van der Waals surface area (Å²) in [4.78, 5) is 0. The minimum atomic E-state index is -0.899. The van der Waals surface area contributed by atoms with Crippen molar-refractivity contribution >= 4 is 11.0 Å². The molecule has 0 fully saturated rings. The van der Waals surface area contributed by atoms with E-state index in [2.05, 4.69) is 11.6 Å². The fourth-order valence-electron chi connectivity index (χ4n) is 1.64. The summed E-state index contributed by atoms with van der Waals surface area (Å²) in [6.07, 6.45) is 10.6. The van der Waals surface area contributed by atoms with Crippen molar-refractivity contribution in [3.63, 3.8) is 0 Å². The van der Waals surface area contributed by atoms with Gasteiger partial charge in [0, 0.05) is 6.54 Å². The van der Waals surface area contributed by atoms with Crippen LogP contribution in [0, 0.1) is 0 Å². The lowest BCUT2D eigenvalue weighted by Crippen LogP contribution is -2.33. The van der Waals surface area contributed by atoms with E-state index in [0.717, 1.165) is 13.0 Å². The van der Waals surface area contributed by atoms with Crippen molar-refractivity contribution in [1.82, 2.24) is 4.72 Å². The average Bonchev–Trinajstić information content (AvgIpc) is 2.25. The molecule has 1 atom stereocenters. The lowest BCUT2D eigenvalue weighted by Gasteiger charge is -2.17. The van der Waals surface area contributed by atoms with E-state index in [0.29, 0.717) is 0 Å². The predicted octanol–water partition coefficient (Wildman–Crippen LogP) is 4.18. The maximum atomic E-state index is 11.7. The highest BCUT2D eigenvalue weighted by Crippen LogP contribution is 2.10. The summed E-state index contributed by atoms with van der Waals surface area (Å²) < 4.78 is 14.6. The SMILES string of the molecule is CCCCCCCCCCN[S@](=O)C(C)(C)C. The zero-order valence-electron chi connectivity index (χ0n) is 12.2. The molecule has 0 aliphatic heterocycles. The standard InChI is InChI=1S/C14H31NOS/c1-5-6-7-8-9-10-11-12-13-15-17(16)14(2,3)4/h15H,5-13H2,1-4H3/t17-/m1/s1. The normalized spacial score (nSPS) is 13.9. The van der Waals surface area contributed by atoms with Gasteiger partial charge < -0.3 is 0 Å². The average molecular weight is 261 g/mol. The molecule has 104 valence electrons. The Kier molecular flexibility index (Phi) is 10.1. The van der Waals surface area contributed by atoms with Gasteiger partial charge in [0.15, 0.2) is 0 Å². The van der Waals surface area contributed by atoms with Crippen LogP contribution >= 0.6 is 0 Å². The van der Waals surface area contributed by atoms with Gasteiger partial charge in [-0.3, -0.25) is 0 Å². The molecule has 17 heavy (non-hydrogen) atoms. The van der Waals surface area contributed by atoms with Crippen molar-refractivity contribution in [3.05, 3.63) is 0 Å². The van der Waals surface area contributed by atoms with Gasteiger partial charge in [-0.25, -0.2) is 8.93 Å². The molecule has 2 nitrogen and oxygen atoms in total. The van der Waals surface area contributed by atoms with Gasteiger partial charge >= 0.3 is 0 Å². The van der Waals surface area contributed by atoms with Crippen LogP contribution in [0.1, 0.15) is 79.1 Å². The lowest BCUT2D eigenvalue weighted by molar-refractivity contribution is 0.570. The second-order valence-corrected chi connectivity index (χ2v) is 7.80. The van der Waals surface area contributed by atoms with Crippen LogP contribution in [0.2, 0.25) is 0 Å². The van der Waals surface area contributed by atoms with Gasteiger partial charge in [-0.1, -0.05) is 51.9 Å². The van der Waals surface area contributed by atoms with E-state index in [-0.39, 0.29) is 4.75 Å². The molecular formula is C14H31NOS. The monoisotopic (exact) mass is 261 g/mol. The molecule has 0 bridgehead atoms. The Morgan fingerprint density at radius 2 is 1.35 bits per heavy atom. The van der Waals surface area contributed by atoms with Gasteiger partial charge in [0.2, 0.25) is 0 Å². The van der Waals surface area contributed by atoms with Crippen LogP contribution < -0.4 is 4.72 Å². The Morgan fingerprint density at radius 3 is 1.82 bits per heavy atom. The molecule has 3 heteroatoms. The summed E-state index contributed by atoms with van der Waals surface area (Å²) in [5.74, 6) is 0. The Bertz CT molecular complexity index is 199. The van der Waals surface area contributed by atoms with Crippen molar-refractivity contribution in [1.29, 1.82) is 0 Å². The van der Waals surface area contributed by atoms with E-state index in [1.807, 2.05) is 20.8 Å². The number of nitrogens with one attached hydrogen (secondary N) is 1. The molecule has 0 rings (SSSR count). The highest BCUT2D eigenvalue weighted by atomic mass is 32.2. The van der Waals surface area contributed by atoms with Crippen molar-refractivity contribution in [2.75, 3.05) is 6.54 Å². The molecule has 0 saturated heterocycles. The van der Waals surface area contributed by atoms with E-state index >= 15 is 0 Å². The van der Waals surface area contributed by atoms with Crippen molar-refractivity contribution in [3.8, 4) is 0 Å². The molecule has 0 aromatic carbocycles. The minimum absolute atomic E-state index is 0.139. The van der Waals surface area contributed by atoms with Crippen molar-refractivity contribution in [2.24, 2.45) is 0 Å². The van der Waals surface area contributed by atoms with E-state index < -0.39 is 11.0 Å². The quantitative estimate of drug-likeness (QED) is 0.587. The topological polar surface area (TPSA) is 29.1 Å². The summed E-state index contributed by atoms with van der Waals surface area (Å²) in [6, 6.07) is 0. The summed E-state index contributed by atoms with van der Waals surface area (Å²) >= 11 is 0. The molecule has 0 heterocycles. The van der Waals surface area contributed by atoms with Crippen LogP contribution in [0.25, 0.3) is 0 Å². The molecule has 0 unspecified atom stereocenters. The van der Waals surface area contributed by atoms with Gasteiger partial charge in [0.1, 0.15) is 0 Å². The molecule has 0 aromatic heterocycles. The number of hydrogen-bond donors (Lipinski definition) is 1. The van der Waals surface area contributed by atoms with Gasteiger partial charge in [0.25, 0.3) is 0 Å². The minimum Gasteiger partial charge on any atom is -0.242 e. The van der Waals surface area contributed by atoms with E-state index in [9.17, 15) is 4.21 Å². The van der Waals surface area contributed by atoms with E-state index in [1.54, 1.807) is 0 Å². The maximum absolute atomic E-state index is 11.7. The summed E-state index contributed by atoms with van der Waals surface area (Å²) in [7, 11) is -0.899. The Labute approximate surface area is 111 Å². The predicted molar refractivity (Wildman–Crippen MR) is 78.5 cm³/mol. The van der Waals surface area contributed by atoms with Gasteiger partial charge in [-0.05, 0) is 27.2 Å². The van der Waals surface area contributed by atoms with E-state index in [1.165, 1.54) is 44.9 Å². The zero-order valence-corrected chi connectivity index (χ0v) is 13.0. The first-order chi connectivity index (χ1) is 7.98. The van der Waals surface area contributed by atoms with Crippen molar-refractivity contribution < 1.29 is 4.21 Å². The van der Waals surface area contributed by atoms with Crippen LogP contribution in [0.3, 0.4) is 0 Å². The second-order valence-electron chi connectivity index (χ2n) is 5.75. The second kappa shape index (κ2) is 10.1. The number of hydrogen-bond acceptors (Lipinski definition) is 1. The summed E-state index contributed by atoms with van der Waals surface area (Å²) in [6.45, 7) is 9.15. The molecule has 0 aromatic rings. The van der Waals surface area contributed by atoms with Crippen LogP contribution in [0.5, 0.6) is 0 Å². The number of rotatable bonds is 10. The molecule has 0 aliphatic rings. The highest BCUT2D eigenvalue weighted by molar-refractivity contribution is 7.84. The molecule has 0 saturated carbocycles. The molecule has 0 spiro atoms. The van der Waals surface area contributed by atoms with Crippen LogP contribution in [-0.4, -0.2) is 15.5 Å². The van der Waals surface area contributed by atoms with E-state index in [4.69, 9.17) is 0 Å². The Hall–Kier alpha value is 0.110. The highest BCUT2D eigenvalue weighted by Gasteiger charge is 2.18. The Balaban J connectivity index is 3.22. The van der Waals surface area contributed by atoms with Crippen molar-refractivity contribution in [2.45, 2.75) is 83.8 Å². The number of unbranched alkanes of at least 4 members (excludes halogenated alkanes) is 7. The summed E-state index contributed by atoms with van der Waals surface area (Å²) in [5.41, 5.74) is 0. The molecule has 0 radical (unpaired) electrons. The maximum Gasteiger partial charge on any atom is 0.0970 e.